The Labute approximate surface area is 175 Å². The molecule has 0 unspecified atom stereocenters. The third-order valence-electron chi connectivity index (χ3n) is 5.06. The van der Waals surface area contributed by atoms with Crippen LogP contribution >= 0.6 is 11.8 Å². The van der Waals surface area contributed by atoms with Crippen molar-refractivity contribution in [3.63, 3.8) is 0 Å². The Bertz CT molecular complexity index is 1540. The van der Waals surface area contributed by atoms with E-state index in [-0.39, 0.29) is 0 Å². The molecule has 8 heteroatoms. The van der Waals surface area contributed by atoms with Gasteiger partial charge in [-0.25, -0.2) is 4.98 Å². The number of hydrogen-bond donors (Lipinski definition) is 0. The highest BCUT2D eigenvalue weighted by atomic mass is 32.2. The van der Waals surface area contributed by atoms with Crippen molar-refractivity contribution < 1.29 is 0 Å². The lowest BCUT2D eigenvalue weighted by molar-refractivity contribution is 0.836. The number of benzene rings is 2. The van der Waals surface area contributed by atoms with E-state index in [2.05, 4.69) is 54.8 Å². The summed E-state index contributed by atoms with van der Waals surface area (Å²) < 4.78 is 3.81. The van der Waals surface area contributed by atoms with Gasteiger partial charge in [0.25, 0.3) is 5.78 Å². The van der Waals surface area contributed by atoms with Crippen LogP contribution in [0.1, 0.15) is 5.56 Å². The maximum Gasteiger partial charge on any atom is 0.253 e. The van der Waals surface area contributed by atoms with E-state index in [0.29, 0.717) is 5.78 Å². The summed E-state index contributed by atoms with van der Waals surface area (Å²) in [6, 6.07) is 22.4. The number of hydrogen-bond acceptors (Lipinski definition) is 6. The molecule has 4 heterocycles. The number of para-hydroxylation sites is 1. The maximum atomic E-state index is 4.65. The molecule has 0 fully saturated rings. The fourth-order valence-electron chi connectivity index (χ4n) is 3.65. The molecule has 30 heavy (non-hydrogen) atoms. The lowest BCUT2D eigenvalue weighted by atomic mass is 10.1. The van der Waals surface area contributed by atoms with E-state index in [0.717, 1.165) is 32.6 Å². The monoisotopic (exact) mass is 409 g/mol. The van der Waals surface area contributed by atoms with E-state index in [9.17, 15) is 0 Å². The molecule has 144 valence electrons. The summed E-state index contributed by atoms with van der Waals surface area (Å²) in [6.07, 6.45) is 1.52. The molecule has 2 aromatic carbocycles. The number of pyridine rings is 1. The number of nitrogens with zero attached hydrogens (tertiary/aromatic N) is 7. The van der Waals surface area contributed by atoms with Crippen LogP contribution in [0.15, 0.2) is 83.2 Å². The van der Waals surface area contributed by atoms with Crippen molar-refractivity contribution in [3.8, 4) is 11.3 Å². The highest BCUT2D eigenvalue weighted by molar-refractivity contribution is 7.99. The third-order valence-corrected chi connectivity index (χ3v) is 6.01. The van der Waals surface area contributed by atoms with Gasteiger partial charge in [0.05, 0.1) is 11.2 Å². The number of aryl methyl sites for hydroxylation is 1. The Morgan fingerprint density at radius 1 is 0.900 bits per heavy atom. The highest BCUT2D eigenvalue weighted by Crippen LogP contribution is 2.32. The van der Waals surface area contributed by atoms with Crippen LogP contribution in [0.5, 0.6) is 0 Å². The summed E-state index contributed by atoms with van der Waals surface area (Å²) in [5.74, 6) is 0.549. The lowest BCUT2D eigenvalue weighted by Gasteiger charge is -2.09. The molecule has 0 saturated carbocycles. The van der Waals surface area contributed by atoms with Gasteiger partial charge in [-0.1, -0.05) is 48.5 Å². The van der Waals surface area contributed by atoms with Crippen LogP contribution in [-0.2, 0) is 0 Å². The molecule has 4 aromatic heterocycles. The molecule has 0 saturated heterocycles. The predicted molar refractivity (Wildman–Crippen MR) is 116 cm³/mol. The molecule has 0 aliphatic carbocycles. The summed E-state index contributed by atoms with van der Waals surface area (Å²) >= 11 is 1.50. The van der Waals surface area contributed by atoms with E-state index in [1.165, 1.54) is 29.0 Å². The van der Waals surface area contributed by atoms with Crippen molar-refractivity contribution in [2.75, 3.05) is 0 Å². The van der Waals surface area contributed by atoms with Crippen LogP contribution in [0, 0.1) is 6.92 Å². The van der Waals surface area contributed by atoms with Crippen molar-refractivity contribution in [2.24, 2.45) is 0 Å². The molecule has 6 aromatic rings. The van der Waals surface area contributed by atoms with E-state index >= 15 is 0 Å². The summed E-state index contributed by atoms with van der Waals surface area (Å²) in [7, 11) is 0. The Hall–Kier alpha value is -3.78. The highest BCUT2D eigenvalue weighted by Gasteiger charge is 2.16. The molecular formula is C22H15N7S. The third kappa shape index (κ3) is 2.65. The minimum Gasteiger partial charge on any atom is -0.270 e. The topological polar surface area (TPSA) is 73.3 Å². The van der Waals surface area contributed by atoms with Gasteiger partial charge in [-0.05, 0) is 42.4 Å². The zero-order valence-corrected chi connectivity index (χ0v) is 16.8. The first-order valence-electron chi connectivity index (χ1n) is 9.45. The van der Waals surface area contributed by atoms with Crippen LogP contribution < -0.4 is 0 Å². The van der Waals surface area contributed by atoms with Gasteiger partial charge in [0.2, 0.25) is 5.16 Å². The summed E-state index contributed by atoms with van der Waals surface area (Å²) in [4.78, 5) is 8.96. The number of fused-ring (bicyclic) bond motifs is 4. The molecule has 0 aliphatic heterocycles. The lowest BCUT2D eigenvalue weighted by Crippen LogP contribution is -1.99. The second-order valence-corrected chi connectivity index (χ2v) is 7.93. The van der Waals surface area contributed by atoms with E-state index < -0.39 is 0 Å². The molecule has 0 bridgehead atoms. The molecule has 6 rings (SSSR count). The van der Waals surface area contributed by atoms with Gasteiger partial charge < -0.3 is 0 Å². The second-order valence-electron chi connectivity index (χ2n) is 6.94. The predicted octanol–water partition coefficient (Wildman–Crippen LogP) is 4.45. The first kappa shape index (κ1) is 17.1. The SMILES string of the molecule is Cc1cc2nnc(Sc3cc(-c4ccccc4)nc4ncnn34)n2c2ccccc12. The van der Waals surface area contributed by atoms with Gasteiger partial charge >= 0.3 is 0 Å². The Morgan fingerprint density at radius 3 is 2.63 bits per heavy atom. The van der Waals surface area contributed by atoms with E-state index in [1.807, 2.05) is 48.5 Å². The molecular weight excluding hydrogens is 394 g/mol. The number of aromatic nitrogens is 7. The van der Waals surface area contributed by atoms with Crippen LogP contribution in [0.3, 0.4) is 0 Å². The molecule has 0 N–H and O–H groups in total. The quantitative estimate of drug-likeness (QED) is 0.402. The molecule has 0 spiro atoms. The van der Waals surface area contributed by atoms with Crippen molar-refractivity contribution in [1.29, 1.82) is 0 Å². The van der Waals surface area contributed by atoms with Gasteiger partial charge in [-0.2, -0.15) is 14.6 Å². The maximum absolute atomic E-state index is 4.65. The zero-order chi connectivity index (χ0) is 20.1. The van der Waals surface area contributed by atoms with Crippen molar-refractivity contribution >= 4 is 34.1 Å². The standard InChI is InChI=1S/C22H15N7S/c1-14-11-19-26-27-22(28(19)18-10-6-5-9-16(14)18)30-20-12-17(15-7-3-2-4-8-15)25-21-23-13-24-29(20)21/h2-13H,1H3. The number of rotatable bonds is 3. The Kier molecular flexibility index (Phi) is 3.78. The average Bonchev–Trinajstić information content (AvgIpc) is 3.42. The normalized spacial score (nSPS) is 11.6. The minimum atomic E-state index is 0.549. The molecule has 0 amide bonds. The summed E-state index contributed by atoms with van der Waals surface area (Å²) in [5, 5.41) is 16.0. The van der Waals surface area contributed by atoms with Gasteiger partial charge in [0.1, 0.15) is 11.4 Å². The van der Waals surface area contributed by atoms with Crippen molar-refractivity contribution in [1.82, 2.24) is 34.2 Å². The Morgan fingerprint density at radius 2 is 1.73 bits per heavy atom. The molecule has 0 aliphatic rings. The second kappa shape index (κ2) is 6.64. The first-order valence-corrected chi connectivity index (χ1v) is 10.3. The average molecular weight is 409 g/mol. The Balaban J connectivity index is 1.56. The van der Waals surface area contributed by atoms with E-state index in [1.54, 1.807) is 4.52 Å². The fourth-order valence-corrected chi connectivity index (χ4v) is 4.59. The smallest absolute Gasteiger partial charge is 0.253 e. The van der Waals surface area contributed by atoms with Gasteiger partial charge in [0.15, 0.2) is 5.65 Å². The largest absolute Gasteiger partial charge is 0.270 e. The molecule has 0 radical (unpaired) electrons. The van der Waals surface area contributed by atoms with Gasteiger partial charge in [0, 0.05) is 10.9 Å². The minimum absolute atomic E-state index is 0.549. The van der Waals surface area contributed by atoms with Crippen LogP contribution in [0.25, 0.3) is 33.6 Å². The molecule has 0 atom stereocenters. The van der Waals surface area contributed by atoms with Crippen LogP contribution in [0.2, 0.25) is 0 Å². The fraction of sp³-hybridized carbons (Fsp3) is 0.0455. The first-order chi connectivity index (χ1) is 14.8. The molecule has 7 nitrogen and oxygen atoms in total. The summed E-state index contributed by atoms with van der Waals surface area (Å²) in [5.41, 5.74) is 4.94. The van der Waals surface area contributed by atoms with Crippen molar-refractivity contribution in [3.05, 3.63) is 78.6 Å². The summed E-state index contributed by atoms with van der Waals surface area (Å²) in [6.45, 7) is 2.10. The van der Waals surface area contributed by atoms with Crippen molar-refractivity contribution in [2.45, 2.75) is 17.1 Å². The van der Waals surface area contributed by atoms with Gasteiger partial charge in [-0.3, -0.25) is 4.40 Å². The van der Waals surface area contributed by atoms with Gasteiger partial charge in [-0.15, -0.1) is 10.2 Å². The van der Waals surface area contributed by atoms with Crippen LogP contribution in [-0.4, -0.2) is 34.2 Å². The van der Waals surface area contributed by atoms with E-state index in [4.69, 9.17) is 0 Å². The van der Waals surface area contributed by atoms with Crippen LogP contribution in [0.4, 0.5) is 0 Å². The zero-order valence-electron chi connectivity index (χ0n) is 16.0.